The molecule has 0 saturated carbocycles. The summed E-state index contributed by atoms with van der Waals surface area (Å²) < 4.78 is 10.6. The van der Waals surface area contributed by atoms with Gasteiger partial charge in [-0.3, -0.25) is 14.6 Å². The van der Waals surface area contributed by atoms with E-state index in [-0.39, 0.29) is 18.9 Å². The van der Waals surface area contributed by atoms with Crippen LogP contribution < -0.4 is 5.69 Å². The standard InChI is InChI=1S/C26H25N3O5/c1-3-33-24(30)23(25(31)34-4-2)22(18-10-11-20-21(14-18)29-26(32)28-20)17-8-5-7-16(13-17)19-9-6-12-27-15-19/h5-15,22-23H,3-4H2,1-2H3,(H2,28,29,32). The number of H-pyrrole nitrogens is 2. The third kappa shape index (κ3) is 4.76. The van der Waals surface area contributed by atoms with Gasteiger partial charge in [0.15, 0.2) is 5.92 Å². The molecule has 4 aromatic rings. The molecule has 0 spiro atoms. The van der Waals surface area contributed by atoms with E-state index in [0.717, 1.165) is 16.7 Å². The molecule has 1 atom stereocenters. The van der Waals surface area contributed by atoms with Crippen molar-refractivity contribution in [3.05, 3.63) is 88.6 Å². The van der Waals surface area contributed by atoms with Gasteiger partial charge in [-0.25, -0.2) is 4.79 Å². The van der Waals surface area contributed by atoms with Crippen molar-refractivity contribution in [2.45, 2.75) is 19.8 Å². The van der Waals surface area contributed by atoms with Crippen LogP contribution in [0.2, 0.25) is 0 Å². The lowest BCUT2D eigenvalue weighted by atomic mass is 9.79. The highest BCUT2D eigenvalue weighted by Crippen LogP contribution is 2.36. The van der Waals surface area contributed by atoms with E-state index in [1.165, 1.54) is 0 Å². The third-order valence-corrected chi connectivity index (χ3v) is 5.55. The quantitative estimate of drug-likeness (QED) is 0.306. The van der Waals surface area contributed by atoms with Gasteiger partial charge < -0.3 is 19.4 Å². The summed E-state index contributed by atoms with van der Waals surface area (Å²) >= 11 is 0. The Bertz CT molecular complexity index is 1340. The molecule has 1 unspecified atom stereocenters. The highest BCUT2D eigenvalue weighted by Gasteiger charge is 2.39. The number of rotatable bonds is 8. The predicted molar refractivity (Wildman–Crippen MR) is 127 cm³/mol. The number of hydrogen-bond donors (Lipinski definition) is 2. The van der Waals surface area contributed by atoms with Crippen LogP contribution in [0.25, 0.3) is 22.2 Å². The Labute approximate surface area is 196 Å². The van der Waals surface area contributed by atoms with Gasteiger partial charge in [-0.15, -0.1) is 0 Å². The molecule has 0 aliphatic rings. The lowest BCUT2D eigenvalue weighted by Gasteiger charge is -2.25. The predicted octanol–water partition coefficient (Wildman–Crippen LogP) is 3.79. The monoisotopic (exact) mass is 459 g/mol. The fourth-order valence-corrected chi connectivity index (χ4v) is 4.10. The molecule has 174 valence electrons. The first kappa shape index (κ1) is 23.0. The molecular formula is C26H25N3O5. The number of carbonyl (C=O) groups is 2. The number of aromatic amines is 2. The van der Waals surface area contributed by atoms with E-state index < -0.39 is 23.8 Å². The highest BCUT2D eigenvalue weighted by molar-refractivity contribution is 5.97. The molecule has 0 radical (unpaired) electrons. The number of aromatic nitrogens is 3. The number of hydrogen-bond acceptors (Lipinski definition) is 6. The summed E-state index contributed by atoms with van der Waals surface area (Å²) in [5, 5.41) is 0. The molecular weight excluding hydrogens is 434 g/mol. The molecule has 0 amide bonds. The first-order chi connectivity index (χ1) is 16.5. The van der Waals surface area contributed by atoms with Crippen LogP contribution in [-0.2, 0) is 19.1 Å². The normalized spacial score (nSPS) is 12.0. The third-order valence-electron chi connectivity index (χ3n) is 5.55. The van der Waals surface area contributed by atoms with Crippen LogP contribution in [0.1, 0.15) is 30.9 Å². The first-order valence-corrected chi connectivity index (χ1v) is 11.1. The van der Waals surface area contributed by atoms with Gasteiger partial charge in [0.2, 0.25) is 0 Å². The van der Waals surface area contributed by atoms with Crippen LogP contribution >= 0.6 is 0 Å². The van der Waals surface area contributed by atoms with Crippen LogP contribution in [-0.4, -0.2) is 40.1 Å². The van der Waals surface area contributed by atoms with Crippen molar-refractivity contribution in [3.8, 4) is 11.1 Å². The molecule has 8 nitrogen and oxygen atoms in total. The highest BCUT2D eigenvalue weighted by atomic mass is 16.6. The smallest absolute Gasteiger partial charge is 0.323 e. The van der Waals surface area contributed by atoms with Gasteiger partial charge >= 0.3 is 17.6 Å². The van der Waals surface area contributed by atoms with E-state index in [2.05, 4.69) is 15.0 Å². The fraction of sp³-hybridized carbons (Fsp3) is 0.231. The number of nitrogens with zero attached hydrogens (tertiary/aromatic N) is 1. The number of ether oxygens (including phenoxy) is 2. The van der Waals surface area contributed by atoms with E-state index in [0.29, 0.717) is 16.6 Å². The number of pyridine rings is 1. The van der Waals surface area contributed by atoms with Crippen molar-refractivity contribution in [2.24, 2.45) is 5.92 Å². The number of carbonyl (C=O) groups excluding carboxylic acids is 2. The Balaban J connectivity index is 1.90. The van der Waals surface area contributed by atoms with E-state index in [9.17, 15) is 14.4 Å². The van der Waals surface area contributed by atoms with Crippen LogP contribution in [0, 0.1) is 5.92 Å². The molecule has 0 saturated heterocycles. The Kier molecular flexibility index (Phi) is 6.87. The summed E-state index contributed by atoms with van der Waals surface area (Å²) in [7, 11) is 0. The molecule has 2 N–H and O–H groups in total. The number of benzene rings is 2. The molecule has 0 fully saturated rings. The van der Waals surface area contributed by atoms with Gasteiger partial charge in [0.25, 0.3) is 0 Å². The number of esters is 2. The molecule has 8 heteroatoms. The topological polar surface area (TPSA) is 114 Å². The first-order valence-electron chi connectivity index (χ1n) is 11.1. The summed E-state index contributed by atoms with van der Waals surface area (Å²) in [5.74, 6) is -3.27. The second-order valence-corrected chi connectivity index (χ2v) is 7.71. The Morgan fingerprint density at radius 3 is 2.21 bits per heavy atom. The van der Waals surface area contributed by atoms with Crippen LogP contribution in [0.3, 0.4) is 0 Å². The number of imidazole rings is 1. The SMILES string of the molecule is CCOC(=O)C(C(=O)OCC)C(c1cccc(-c2cccnc2)c1)c1ccc2[nH]c(=O)[nH]c2c1. The Morgan fingerprint density at radius 1 is 0.853 bits per heavy atom. The second-order valence-electron chi connectivity index (χ2n) is 7.71. The molecule has 0 aliphatic heterocycles. The van der Waals surface area contributed by atoms with Gasteiger partial charge in [-0.1, -0.05) is 36.4 Å². The van der Waals surface area contributed by atoms with Crippen LogP contribution in [0.4, 0.5) is 0 Å². The minimum Gasteiger partial charge on any atom is -0.465 e. The van der Waals surface area contributed by atoms with Crippen molar-refractivity contribution < 1.29 is 19.1 Å². The van der Waals surface area contributed by atoms with E-state index in [4.69, 9.17) is 9.47 Å². The minimum absolute atomic E-state index is 0.126. The summed E-state index contributed by atoms with van der Waals surface area (Å²) in [6.07, 6.45) is 3.44. The van der Waals surface area contributed by atoms with E-state index in [1.54, 1.807) is 44.4 Å². The molecule has 0 bridgehead atoms. The van der Waals surface area contributed by atoms with Gasteiger partial charge in [0.05, 0.1) is 24.2 Å². The lowest BCUT2D eigenvalue weighted by Crippen LogP contribution is -2.34. The van der Waals surface area contributed by atoms with E-state index >= 15 is 0 Å². The zero-order valence-electron chi connectivity index (χ0n) is 18.9. The van der Waals surface area contributed by atoms with Crippen molar-refractivity contribution in [1.29, 1.82) is 0 Å². The molecule has 4 rings (SSSR count). The van der Waals surface area contributed by atoms with Crippen molar-refractivity contribution in [1.82, 2.24) is 15.0 Å². The largest absolute Gasteiger partial charge is 0.465 e. The summed E-state index contributed by atoms with van der Waals surface area (Å²) in [4.78, 5) is 47.6. The van der Waals surface area contributed by atoms with Crippen molar-refractivity contribution >= 4 is 23.0 Å². The average Bonchev–Trinajstić information content (AvgIpc) is 3.22. The fourth-order valence-electron chi connectivity index (χ4n) is 4.10. The van der Waals surface area contributed by atoms with Crippen LogP contribution in [0.15, 0.2) is 71.8 Å². The lowest BCUT2D eigenvalue weighted by molar-refractivity contribution is -0.162. The van der Waals surface area contributed by atoms with Gasteiger partial charge in [0.1, 0.15) is 0 Å². The van der Waals surface area contributed by atoms with Crippen molar-refractivity contribution in [2.75, 3.05) is 13.2 Å². The van der Waals surface area contributed by atoms with Crippen molar-refractivity contribution in [3.63, 3.8) is 0 Å². The maximum Gasteiger partial charge on any atom is 0.323 e. The molecule has 34 heavy (non-hydrogen) atoms. The zero-order chi connectivity index (χ0) is 24.1. The Hall–Kier alpha value is -4.20. The number of nitrogens with one attached hydrogen (secondary N) is 2. The molecule has 2 aromatic heterocycles. The molecule has 0 aliphatic carbocycles. The van der Waals surface area contributed by atoms with E-state index in [1.807, 2.05) is 36.4 Å². The summed E-state index contributed by atoms with van der Waals surface area (Å²) in [5.41, 5.74) is 4.04. The number of fused-ring (bicyclic) bond motifs is 1. The van der Waals surface area contributed by atoms with Gasteiger partial charge in [-0.05, 0) is 54.3 Å². The molecule has 2 aromatic carbocycles. The summed E-state index contributed by atoms with van der Waals surface area (Å²) in [6, 6.07) is 16.7. The summed E-state index contributed by atoms with van der Waals surface area (Å²) in [6.45, 7) is 3.63. The molecule has 2 heterocycles. The maximum absolute atomic E-state index is 13.1. The average molecular weight is 460 g/mol. The van der Waals surface area contributed by atoms with Crippen LogP contribution in [0.5, 0.6) is 0 Å². The zero-order valence-corrected chi connectivity index (χ0v) is 18.9. The minimum atomic E-state index is -1.23. The van der Waals surface area contributed by atoms with Gasteiger partial charge in [0, 0.05) is 18.3 Å². The maximum atomic E-state index is 13.1. The Morgan fingerprint density at radius 2 is 1.53 bits per heavy atom. The second kappa shape index (κ2) is 10.2. The van der Waals surface area contributed by atoms with Gasteiger partial charge in [-0.2, -0.15) is 0 Å².